The van der Waals surface area contributed by atoms with Gasteiger partial charge in [0.05, 0.1) is 0 Å². The van der Waals surface area contributed by atoms with Crippen LogP contribution in [0.2, 0.25) is 12.6 Å². The highest BCUT2D eigenvalue weighted by Crippen LogP contribution is 2.13. The van der Waals surface area contributed by atoms with Crippen LogP contribution in [0.5, 0.6) is 0 Å². The Balaban J connectivity index is 0.000000397. The van der Waals surface area contributed by atoms with E-state index in [2.05, 4.69) is 6.92 Å². The van der Waals surface area contributed by atoms with Crippen molar-refractivity contribution in [3.8, 4) is 0 Å². The van der Waals surface area contributed by atoms with Crippen molar-refractivity contribution in [3.63, 3.8) is 0 Å². The zero-order valence-electron chi connectivity index (χ0n) is 11.4. The van der Waals surface area contributed by atoms with E-state index in [0.717, 1.165) is 12.5 Å². The van der Waals surface area contributed by atoms with Crippen molar-refractivity contribution in [2.45, 2.75) is 25.9 Å². The molecule has 4 nitrogen and oxygen atoms in total. The van der Waals surface area contributed by atoms with Crippen molar-refractivity contribution in [2.24, 2.45) is 5.73 Å². The molecule has 0 heterocycles. The molecule has 1 aromatic rings. The monoisotopic (exact) mass is 269 g/mol. The van der Waals surface area contributed by atoms with Crippen molar-refractivity contribution in [2.75, 3.05) is 13.7 Å². The van der Waals surface area contributed by atoms with Crippen LogP contribution in [0.15, 0.2) is 36.4 Å². The molecule has 102 valence electrons. The Morgan fingerprint density at radius 2 is 1.61 bits per heavy atom. The maximum atomic E-state index is 10.4. The standard InChI is InChI=1S/C7H17NO3Si.C6H6/c1-4-5-12(3,10-2)11-6-7(8)9;1-2-4-6-5-3-1/h4-6H2,1-3H3,(H2,8,9);1-6H. The van der Waals surface area contributed by atoms with E-state index in [1.807, 2.05) is 42.9 Å². The van der Waals surface area contributed by atoms with Gasteiger partial charge >= 0.3 is 8.56 Å². The number of hydrogen-bond donors (Lipinski definition) is 1. The van der Waals surface area contributed by atoms with Gasteiger partial charge in [0.1, 0.15) is 6.61 Å². The van der Waals surface area contributed by atoms with Crippen LogP contribution >= 0.6 is 0 Å². The number of amides is 1. The van der Waals surface area contributed by atoms with E-state index in [9.17, 15) is 4.79 Å². The lowest BCUT2D eigenvalue weighted by Crippen LogP contribution is -2.40. The number of carbonyl (C=O) groups excluding carboxylic acids is 1. The summed E-state index contributed by atoms with van der Waals surface area (Å²) in [6, 6.07) is 12.9. The predicted molar refractivity (Wildman–Crippen MR) is 75.3 cm³/mol. The smallest absolute Gasteiger partial charge is 0.335 e. The molecule has 1 atom stereocenters. The van der Waals surface area contributed by atoms with Crippen molar-refractivity contribution < 1.29 is 13.6 Å². The summed E-state index contributed by atoms with van der Waals surface area (Å²) in [6.07, 6.45) is 0.995. The zero-order valence-corrected chi connectivity index (χ0v) is 12.4. The molecule has 1 amide bonds. The van der Waals surface area contributed by atoms with Crippen molar-refractivity contribution >= 4 is 14.5 Å². The summed E-state index contributed by atoms with van der Waals surface area (Å²) in [7, 11) is -0.473. The molecular formula is C13H23NO3Si. The summed E-state index contributed by atoms with van der Waals surface area (Å²) in [6.45, 7) is 3.95. The Labute approximate surface area is 110 Å². The lowest BCUT2D eigenvalue weighted by molar-refractivity contribution is -0.120. The largest absolute Gasteiger partial charge is 0.398 e. The molecule has 0 spiro atoms. The summed E-state index contributed by atoms with van der Waals surface area (Å²) < 4.78 is 10.6. The number of hydrogen-bond acceptors (Lipinski definition) is 3. The number of nitrogens with two attached hydrogens (primary N) is 1. The molecule has 0 fully saturated rings. The first-order valence-corrected chi connectivity index (χ1v) is 8.54. The number of carbonyl (C=O) groups is 1. The van der Waals surface area contributed by atoms with E-state index >= 15 is 0 Å². The summed E-state index contributed by atoms with van der Waals surface area (Å²) >= 11 is 0. The molecule has 0 saturated carbocycles. The summed E-state index contributed by atoms with van der Waals surface area (Å²) in [5.41, 5.74) is 4.95. The molecule has 1 rings (SSSR count). The Bertz CT molecular complexity index is 295. The Kier molecular flexibility index (Phi) is 9.18. The van der Waals surface area contributed by atoms with Crippen LogP contribution in [0, 0.1) is 0 Å². The quantitative estimate of drug-likeness (QED) is 0.806. The second-order valence-electron chi connectivity index (χ2n) is 4.00. The maximum Gasteiger partial charge on any atom is 0.335 e. The fourth-order valence-electron chi connectivity index (χ4n) is 1.30. The van der Waals surface area contributed by atoms with Crippen LogP contribution in [0.25, 0.3) is 0 Å². The summed E-state index contributed by atoms with van der Waals surface area (Å²) in [5, 5.41) is 0. The summed E-state index contributed by atoms with van der Waals surface area (Å²) in [4.78, 5) is 10.4. The molecule has 0 aliphatic rings. The minimum absolute atomic E-state index is 0.0312. The SMILES string of the molecule is CCC[Si](C)(OC)OCC(N)=O.c1ccccc1. The fraction of sp³-hybridized carbons (Fsp3) is 0.462. The van der Waals surface area contributed by atoms with Crippen molar-refractivity contribution in [1.29, 1.82) is 0 Å². The highest BCUT2D eigenvalue weighted by molar-refractivity contribution is 6.66. The van der Waals surface area contributed by atoms with E-state index in [0.29, 0.717) is 0 Å². The third-order valence-electron chi connectivity index (χ3n) is 2.32. The first kappa shape index (κ1) is 16.8. The number of benzene rings is 1. The second-order valence-corrected chi connectivity index (χ2v) is 7.46. The minimum atomic E-state index is -2.09. The molecule has 18 heavy (non-hydrogen) atoms. The van der Waals surface area contributed by atoms with Gasteiger partial charge in [-0.2, -0.15) is 0 Å². The lowest BCUT2D eigenvalue weighted by Gasteiger charge is -2.23. The molecule has 0 radical (unpaired) electrons. The van der Waals surface area contributed by atoms with Gasteiger partial charge in [0.15, 0.2) is 0 Å². The number of primary amides is 1. The summed E-state index contributed by atoms with van der Waals surface area (Å²) in [5.74, 6) is -0.443. The van der Waals surface area contributed by atoms with E-state index in [1.165, 1.54) is 0 Å². The molecular weight excluding hydrogens is 246 g/mol. The molecule has 1 unspecified atom stereocenters. The predicted octanol–water partition coefficient (Wildman–Crippen LogP) is 2.30. The van der Waals surface area contributed by atoms with Gasteiger partial charge in [-0.05, 0) is 12.6 Å². The third kappa shape index (κ3) is 8.92. The first-order chi connectivity index (χ1) is 8.54. The van der Waals surface area contributed by atoms with Gasteiger partial charge < -0.3 is 14.6 Å². The van der Waals surface area contributed by atoms with E-state index in [1.54, 1.807) is 7.11 Å². The topological polar surface area (TPSA) is 61.6 Å². The van der Waals surface area contributed by atoms with Crippen LogP contribution in [-0.4, -0.2) is 28.2 Å². The van der Waals surface area contributed by atoms with Crippen LogP contribution in [0.1, 0.15) is 13.3 Å². The Hall–Kier alpha value is -1.17. The van der Waals surface area contributed by atoms with E-state index in [4.69, 9.17) is 14.6 Å². The third-order valence-corrected chi connectivity index (χ3v) is 5.35. The maximum absolute atomic E-state index is 10.4. The van der Waals surface area contributed by atoms with Gasteiger partial charge in [-0.15, -0.1) is 0 Å². The lowest BCUT2D eigenvalue weighted by atomic mass is 10.4. The fourth-order valence-corrected chi connectivity index (χ4v) is 3.12. The average Bonchev–Trinajstić information content (AvgIpc) is 2.40. The average molecular weight is 269 g/mol. The highest BCUT2D eigenvalue weighted by Gasteiger charge is 2.29. The van der Waals surface area contributed by atoms with Crippen LogP contribution in [0.4, 0.5) is 0 Å². The molecule has 5 heteroatoms. The first-order valence-electron chi connectivity index (χ1n) is 6.01. The molecule has 0 aliphatic heterocycles. The van der Waals surface area contributed by atoms with Crippen LogP contribution in [0.3, 0.4) is 0 Å². The van der Waals surface area contributed by atoms with Gasteiger partial charge in [-0.1, -0.05) is 49.7 Å². The molecule has 0 aliphatic carbocycles. The van der Waals surface area contributed by atoms with Gasteiger partial charge in [-0.3, -0.25) is 4.79 Å². The molecule has 2 N–H and O–H groups in total. The van der Waals surface area contributed by atoms with Gasteiger partial charge in [-0.25, -0.2) is 0 Å². The highest BCUT2D eigenvalue weighted by atomic mass is 28.4. The zero-order chi connectivity index (χ0) is 13.9. The van der Waals surface area contributed by atoms with Gasteiger partial charge in [0, 0.05) is 7.11 Å². The molecule has 0 aromatic heterocycles. The molecule has 0 saturated heterocycles. The van der Waals surface area contributed by atoms with Gasteiger partial charge in [0.25, 0.3) is 0 Å². The van der Waals surface area contributed by atoms with Crippen molar-refractivity contribution in [1.82, 2.24) is 0 Å². The molecule has 1 aromatic carbocycles. The van der Waals surface area contributed by atoms with Crippen LogP contribution in [-0.2, 0) is 13.6 Å². The second kappa shape index (κ2) is 9.82. The van der Waals surface area contributed by atoms with E-state index < -0.39 is 14.5 Å². The van der Waals surface area contributed by atoms with Gasteiger partial charge in [0.2, 0.25) is 5.91 Å². The Morgan fingerprint density at radius 1 is 1.17 bits per heavy atom. The molecule has 0 bridgehead atoms. The van der Waals surface area contributed by atoms with E-state index in [-0.39, 0.29) is 6.61 Å². The Morgan fingerprint density at radius 3 is 1.89 bits per heavy atom. The van der Waals surface area contributed by atoms with Crippen molar-refractivity contribution in [3.05, 3.63) is 36.4 Å². The number of rotatable bonds is 6. The van der Waals surface area contributed by atoms with Crippen LogP contribution < -0.4 is 5.73 Å². The minimum Gasteiger partial charge on any atom is -0.398 e. The normalized spacial score (nSPS) is 13.1.